The largest absolute Gasteiger partial charge is 0.481 e. The highest BCUT2D eigenvalue weighted by atomic mass is 16.7. The molecule has 2 heterocycles. The van der Waals surface area contributed by atoms with Crippen molar-refractivity contribution in [1.29, 1.82) is 0 Å². The quantitative estimate of drug-likeness (QED) is 0.0845. The van der Waals surface area contributed by atoms with Crippen molar-refractivity contribution < 1.29 is 33.6 Å². The van der Waals surface area contributed by atoms with Gasteiger partial charge in [0.2, 0.25) is 0 Å². The molecule has 0 aromatic rings. The van der Waals surface area contributed by atoms with Gasteiger partial charge >= 0.3 is 5.97 Å². The van der Waals surface area contributed by atoms with E-state index in [4.69, 9.17) is 18.9 Å². The number of carbonyl (C=O) groups excluding carboxylic acids is 1. The third-order valence-electron chi connectivity index (χ3n) is 8.56. The number of ketones is 1. The smallest absolute Gasteiger partial charge is 0.314 e. The molecule has 2 aliphatic heterocycles. The number of carboxylic acids is 1. The van der Waals surface area contributed by atoms with Crippen LogP contribution in [0.2, 0.25) is 0 Å². The van der Waals surface area contributed by atoms with Crippen molar-refractivity contribution in [3.8, 4) is 0 Å². The molecular weight excluding hydrogens is 508 g/mol. The summed E-state index contributed by atoms with van der Waals surface area (Å²) in [5, 5.41) is 10.1. The molecule has 3 aliphatic rings. The van der Waals surface area contributed by atoms with Gasteiger partial charge in [-0.1, -0.05) is 52.2 Å². The van der Waals surface area contributed by atoms with Gasteiger partial charge in [0.1, 0.15) is 5.92 Å². The Labute approximate surface area is 242 Å². The molecular formula is C33H54O7. The Bertz CT molecular complexity index is 821. The molecule has 7 nitrogen and oxygen atoms in total. The summed E-state index contributed by atoms with van der Waals surface area (Å²) in [6.45, 7) is 8.76. The summed E-state index contributed by atoms with van der Waals surface area (Å²) in [6.07, 6.45) is 19.2. The Morgan fingerprint density at radius 3 is 2.35 bits per heavy atom. The van der Waals surface area contributed by atoms with Crippen molar-refractivity contribution in [2.75, 3.05) is 19.8 Å². The summed E-state index contributed by atoms with van der Waals surface area (Å²) in [7, 11) is 0. The van der Waals surface area contributed by atoms with Gasteiger partial charge in [-0.15, -0.1) is 0 Å². The topological polar surface area (TPSA) is 91.3 Å². The minimum absolute atomic E-state index is 0.0125. The highest BCUT2D eigenvalue weighted by molar-refractivity contribution is 5.99. The van der Waals surface area contributed by atoms with E-state index in [1.807, 2.05) is 6.08 Å². The summed E-state index contributed by atoms with van der Waals surface area (Å²) in [4.78, 5) is 25.6. The van der Waals surface area contributed by atoms with Crippen LogP contribution in [0.5, 0.6) is 0 Å². The van der Waals surface area contributed by atoms with E-state index in [1.165, 1.54) is 0 Å². The molecule has 0 radical (unpaired) electrons. The number of hydrogen-bond donors (Lipinski definition) is 1. The molecule has 0 aromatic heterocycles. The Morgan fingerprint density at radius 1 is 0.975 bits per heavy atom. The van der Waals surface area contributed by atoms with Gasteiger partial charge in [0.25, 0.3) is 0 Å². The first kappa shape index (κ1) is 32.8. The van der Waals surface area contributed by atoms with Crippen LogP contribution in [0.3, 0.4) is 0 Å². The fourth-order valence-electron chi connectivity index (χ4n) is 6.32. The second-order valence-corrected chi connectivity index (χ2v) is 12.7. The molecule has 0 aromatic carbocycles. The SMILES string of the molecule is CCCCC(C)(C)CC(=C[C@H]1CCC[C@H]1C(C(=O)O)C(=O)CC=CCCOC1CCCCO1)OC1CCCCO1. The van der Waals surface area contributed by atoms with Gasteiger partial charge in [0.05, 0.1) is 19.0 Å². The van der Waals surface area contributed by atoms with E-state index in [9.17, 15) is 14.7 Å². The average Bonchev–Trinajstić information content (AvgIpc) is 3.37. The normalized spacial score (nSPS) is 27.1. The fourth-order valence-corrected chi connectivity index (χ4v) is 6.32. The monoisotopic (exact) mass is 562 g/mol. The maximum atomic E-state index is 13.2. The molecule has 2 saturated heterocycles. The van der Waals surface area contributed by atoms with Crippen molar-refractivity contribution in [2.45, 2.75) is 130 Å². The molecule has 1 N–H and O–H groups in total. The number of hydrogen-bond acceptors (Lipinski definition) is 6. The molecule has 0 bridgehead atoms. The third-order valence-corrected chi connectivity index (χ3v) is 8.56. The highest BCUT2D eigenvalue weighted by Gasteiger charge is 2.41. The number of Topliss-reactive ketones (excluding diaryl/α,β-unsaturated/α-hetero) is 1. The first-order valence-electron chi connectivity index (χ1n) is 15.9. The minimum Gasteiger partial charge on any atom is -0.481 e. The maximum absolute atomic E-state index is 13.2. The highest BCUT2D eigenvalue weighted by Crippen LogP contribution is 2.41. The van der Waals surface area contributed by atoms with Gasteiger partial charge in [0.15, 0.2) is 18.4 Å². The van der Waals surface area contributed by atoms with Crippen LogP contribution in [-0.4, -0.2) is 49.3 Å². The van der Waals surface area contributed by atoms with Gasteiger partial charge in [0, 0.05) is 25.9 Å². The number of aliphatic carboxylic acids is 1. The lowest BCUT2D eigenvalue weighted by Crippen LogP contribution is -2.33. The van der Waals surface area contributed by atoms with E-state index in [0.717, 1.165) is 95.8 Å². The number of allylic oxidation sites excluding steroid dienone is 3. The summed E-state index contributed by atoms with van der Waals surface area (Å²) in [6, 6.07) is 0. The van der Waals surface area contributed by atoms with Gasteiger partial charge < -0.3 is 24.1 Å². The maximum Gasteiger partial charge on any atom is 0.314 e. The van der Waals surface area contributed by atoms with E-state index in [0.29, 0.717) is 19.6 Å². The second-order valence-electron chi connectivity index (χ2n) is 12.7. The molecule has 1 aliphatic carbocycles. The van der Waals surface area contributed by atoms with Gasteiger partial charge in [-0.2, -0.15) is 0 Å². The van der Waals surface area contributed by atoms with Crippen LogP contribution in [0.1, 0.15) is 117 Å². The van der Waals surface area contributed by atoms with Gasteiger partial charge in [-0.3, -0.25) is 9.59 Å². The fraction of sp³-hybridized carbons (Fsp3) is 0.818. The minimum atomic E-state index is -1.01. The Kier molecular flexibility index (Phi) is 14.2. The summed E-state index contributed by atoms with van der Waals surface area (Å²) in [5.74, 6) is -1.52. The van der Waals surface area contributed by atoms with Crippen molar-refractivity contribution in [3.05, 3.63) is 24.0 Å². The van der Waals surface area contributed by atoms with Crippen molar-refractivity contribution in [2.24, 2.45) is 23.2 Å². The number of rotatable bonds is 17. The number of carboxylic acid groups (broad SMARTS) is 1. The van der Waals surface area contributed by atoms with E-state index >= 15 is 0 Å². The first-order valence-corrected chi connectivity index (χ1v) is 15.9. The van der Waals surface area contributed by atoms with E-state index < -0.39 is 11.9 Å². The van der Waals surface area contributed by atoms with Gasteiger partial charge in [-0.25, -0.2) is 0 Å². The molecule has 40 heavy (non-hydrogen) atoms. The van der Waals surface area contributed by atoms with Gasteiger partial charge in [-0.05, 0) is 81.1 Å². The van der Waals surface area contributed by atoms with Crippen LogP contribution in [0, 0.1) is 23.2 Å². The molecule has 0 amide bonds. The van der Waals surface area contributed by atoms with Crippen LogP contribution in [0.15, 0.2) is 24.0 Å². The molecule has 0 spiro atoms. The summed E-state index contributed by atoms with van der Waals surface area (Å²) < 4.78 is 23.6. The van der Waals surface area contributed by atoms with Crippen LogP contribution < -0.4 is 0 Å². The van der Waals surface area contributed by atoms with E-state index in [-0.39, 0.29) is 42.0 Å². The van der Waals surface area contributed by atoms with Crippen LogP contribution in [0.4, 0.5) is 0 Å². The summed E-state index contributed by atoms with van der Waals surface area (Å²) in [5.41, 5.74) is 0.0737. The van der Waals surface area contributed by atoms with Crippen molar-refractivity contribution in [1.82, 2.24) is 0 Å². The number of carbonyl (C=O) groups is 2. The molecule has 3 rings (SSSR count). The van der Waals surface area contributed by atoms with Crippen LogP contribution in [-0.2, 0) is 28.5 Å². The van der Waals surface area contributed by atoms with E-state index in [1.54, 1.807) is 6.08 Å². The molecule has 7 heteroatoms. The molecule has 3 unspecified atom stereocenters. The third kappa shape index (κ3) is 11.3. The zero-order valence-corrected chi connectivity index (χ0v) is 25.2. The lowest BCUT2D eigenvalue weighted by atomic mass is 9.78. The molecule has 1 saturated carbocycles. The lowest BCUT2D eigenvalue weighted by molar-refractivity contribution is -0.161. The number of ether oxygens (including phenoxy) is 4. The lowest BCUT2D eigenvalue weighted by Gasteiger charge is -2.31. The predicted octanol–water partition coefficient (Wildman–Crippen LogP) is 7.59. The number of unbranched alkanes of at least 4 members (excludes halogenated alkanes) is 1. The van der Waals surface area contributed by atoms with Crippen molar-refractivity contribution >= 4 is 11.8 Å². The van der Waals surface area contributed by atoms with Crippen molar-refractivity contribution in [3.63, 3.8) is 0 Å². The van der Waals surface area contributed by atoms with Crippen LogP contribution >= 0.6 is 0 Å². The van der Waals surface area contributed by atoms with Crippen LogP contribution in [0.25, 0.3) is 0 Å². The van der Waals surface area contributed by atoms with E-state index in [2.05, 4.69) is 26.8 Å². The Morgan fingerprint density at radius 2 is 1.70 bits per heavy atom. The average molecular weight is 563 g/mol. The standard InChI is InChI=1S/C33H54O7/c1-4-5-19-33(2,3)24-26(40-30-18-9-12-22-39-30)23-25-14-13-15-27(25)31(32(35)36)28(34)16-7-6-10-20-37-29-17-8-11-21-38-29/h6-7,23,25,27,29-31H,4-5,8-22,24H2,1-3H3,(H,35,36)/t25-,27-,29?,30?,31?/m1/s1. The Balaban J connectivity index is 1.62. The zero-order chi connectivity index (χ0) is 28.8. The first-order chi connectivity index (χ1) is 19.3. The molecule has 3 fully saturated rings. The second kappa shape index (κ2) is 17.3. The molecule has 5 atom stereocenters. The molecule has 228 valence electrons. The zero-order valence-electron chi connectivity index (χ0n) is 25.2. The summed E-state index contributed by atoms with van der Waals surface area (Å²) >= 11 is 0. The Hall–Kier alpha value is -1.70. The predicted molar refractivity (Wildman–Crippen MR) is 156 cm³/mol.